The first kappa shape index (κ1) is 22.3. The van der Waals surface area contributed by atoms with E-state index in [1.807, 2.05) is 75.6 Å². The summed E-state index contributed by atoms with van der Waals surface area (Å²) in [4.78, 5) is 25.8. The predicted molar refractivity (Wildman–Crippen MR) is 135 cm³/mol. The number of hydrogen-bond donors (Lipinski definition) is 1. The van der Waals surface area contributed by atoms with Crippen LogP contribution in [-0.4, -0.2) is 25.4 Å². The number of aryl methyl sites for hydroxylation is 1. The Morgan fingerprint density at radius 3 is 2.57 bits per heavy atom. The summed E-state index contributed by atoms with van der Waals surface area (Å²) in [5.41, 5.74) is 5.22. The highest BCUT2D eigenvalue weighted by atomic mass is 16.5. The van der Waals surface area contributed by atoms with Gasteiger partial charge >= 0.3 is 0 Å². The van der Waals surface area contributed by atoms with Gasteiger partial charge in [-0.1, -0.05) is 12.1 Å². The Hall–Kier alpha value is -4.52. The molecule has 0 spiro atoms. The van der Waals surface area contributed by atoms with Crippen LogP contribution in [0, 0.1) is 13.8 Å². The maximum atomic E-state index is 12.9. The van der Waals surface area contributed by atoms with Crippen LogP contribution in [-0.2, 0) is 13.6 Å². The second-order valence-electron chi connectivity index (χ2n) is 8.36. The third-order valence-corrected chi connectivity index (χ3v) is 6.17. The zero-order valence-electron chi connectivity index (χ0n) is 19.8. The van der Waals surface area contributed by atoms with Crippen LogP contribution >= 0.6 is 0 Å². The number of carbonyl (C=O) groups is 1. The first-order valence-electron chi connectivity index (χ1n) is 11.3. The van der Waals surface area contributed by atoms with Crippen molar-refractivity contribution >= 4 is 16.8 Å². The smallest absolute Gasteiger partial charge is 0.251 e. The summed E-state index contributed by atoms with van der Waals surface area (Å²) >= 11 is 0. The number of rotatable bonds is 6. The lowest BCUT2D eigenvalue weighted by Gasteiger charge is -2.14. The molecule has 35 heavy (non-hydrogen) atoms. The van der Waals surface area contributed by atoms with Crippen molar-refractivity contribution in [2.24, 2.45) is 7.05 Å². The molecule has 1 N–H and O–H groups in total. The minimum Gasteiger partial charge on any atom is -0.456 e. The fraction of sp³-hybridized carbons (Fsp3) is 0.143. The van der Waals surface area contributed by atoms with Crippen LogP contribution in [0.25, 0.3) is 22.2 Å². The molecule has 0 saturated heterocycles. The molecule has 0 bridgehead atoms. The van der Waals surface area contributed by atoms with Gasteiger partial charge in [0.15, 0.2) is 0 Å². The van der Waals surface area contributed by atoms with Crippen LogP contribution in [0.1, 0.15) is 27.3 Å². The monoisotopic (exact) mass is 463 g/mol. The molecule has 0 saturated carbocycles. The molecule has 3 aromatic heterocycles. The third kappa shape index (κ3) is 4.48. The molecule has 174 valence electrons. The van der Waals surface area contributed by atoms with Gasteiger partial charge in [-0.25, -0.2) is 4.98 Å². The topological polar surface area (TPSA) is 81.9 Å². The van der Waals surface area contributed by atoms with Crippen molar-refractivity contribution in [3.05, 3.63) is 102 Å². The number of nitrogens with zero attached hydrogens (tertiary/aromatic N) is 4. The average Bonchev–Trinajstić information content (AvgIpc) is 3.22. The molecular formula is C28H25N5O2. The van der Waals surface area contributed by atoms with E-state index >= 15 is 0 Å². The second kappa shape index (κ2) is 9.38. The molecule has 7 nitrogen and oxygen atoms in total. The highest BCUT2D eigenvalue weighted by Crippen LogP contribution is 2.33. The van der Waals surface area contributed by atoms with Crippen LogP contribution in [0.5, 0.6) is 11.5 Å². The maximum absolute atomic E-state index is 12.9. The molecule has 0 unspecified atom stereocenters. The molecule has 0 atom stereocenters. The molecule has 0 aliphatic heterocycles. The fourth-order valence-corrected chi connectivity index (χ4v) is 4.01. The molecule has 7 heteroatoms. The molecule has 5 aromatic rings. The molecule has 0 radical (unpaired) electrons. The van der Waals surface area contributed by atoms with Gasteiger partial charge in [-0.05, 0) is 61.9 Å². The zero-order valence-corrected chi connectivity index (χ0v) is 19.8. The van der Waals surface area contributed by atoms with Crippen molar-refractivity contribution in [3.8, 4) is 22.8 Å². The van der Waals surface area contributed by atoms with Gasteiger partial charge in [0.05, 0.1) is 17.4 Å². The van der Waals surface area contributed by atoms with Crippen molar-refractivity contribution < 1.29 is 9.53 Å². The normalized spacial score (nSPS) is 10.9. The Bertz CT molecular complexity index is 1530. The van der Waals surface area contributed by atoms with Crippen LogP contribution < -0.4 is 10.1 Å². The van der Waals surface area contributed by atoms with Gasteiger partial charge in [0.25, 0.3) is 5.91 Å². The Morgan fingerprint density at radius 1 is 0.971 bits per heavy atom. The van der Waals surface area contributed by atoms with E-state index < -0.39 is 0 Å². The number of nitrogens with one attached hydrogen (secondary N) is 1. The van der Waals surface area contributed by atoms with Crippen LogP contribution in [0.4, 0.5) is 0 Å². The van der Waals surface area contributed by atoms with Gasteiger partial charge in [-0.3, -0.25) is 14.8 Å². The number of amides is 1. The fourth-order valence-electron chi connectivity index (χ4n) is 4.01. The molecule has 3 heterocycles. The number of pyridine rings is 2. The number of ether oxygens (including phenoxy) is 1. The summed E-state index contributed by atoms with van der Waals surface area (Å²) in [5.74, 6) is 2.10. The van der Waals surface area contributed by atoms with Crippen molar-refractivity contribution in [3.63, 3.8) is 0 Å². The van der Waals surface area contributed by atoms with Crippen molar-refractivity contribution in [1.82, 2.24) is 24.8 Å². The summed E-state index contributed by atoms with van der Waals surface area (Å²) in [6.45, 7) is 4.30. The first-order valence-corrected chi connectivity index (χ1v) is 11.3. The summed E-state index contributed by atoms with van der Waals surface area (Å²) in [6.07, 6.45) is 7.02. The van der Waals surface area contributed by atoms with E-state index in [9.17, 15) is 4.79 Å². The van der Waals surface area contributed by atoms with E-state index in [4.69, 9.17) is 4.74 Å². The molecule has 1 amide bonds. The Morgan fingerprint density at radius 2 is 1.80 bits per heavy atom. The summed E-state index contributed by atoms with van der Waals surface area (Å²) in [6, 6.07) is 17.2. The lowest BCUT2D eigenvalue weighted by molar-refractivity contribution is 0.0950. The predicted octanol–water partition coefficient (Wildman–Crippen LogP) is 5.37. The van der Waals surface area contributed by atoms with Gasteiger partial charge in [0.1, 0.15) is 17.3 Å². The van der Waals surface area contributed by atoms with E-state index in [2.05, 4.69) is 24.8 Å². The minimum atomic E-state index is -0.152. The van der Waals surface area contributed by atoms with E-state index in [0.717, 1.165) is 39.1 Å². The van der Waals surface area contributed by atoms with E-state index in [-0.39, 0.29) is 5.91 Å². The quantitative estimate of drug-likeness (QED) is 0.366. The molecule has 0 fully saturated rings. The van der Waals surface area contributed by atoms with Gasteiger partial charge in [0.2, 0.25) is 0 Å². The number of imidazole rings is 1. The van der Waals surface area contributed by atoms with Gasteiger partial charge in [0, 0.05) is 54.3 Å². The van der Waals surface area contributed by atoms with Gasteiger partial charge < -0.3 is 14.6 Å². The third-order valence-electron chi connectivity index (χ3n) is 6.17. The number of aromatic nitrogens is 4. The highest BCUT2D eigenvalue weighted by molar-refractivity contribution is 5.96. The summed E-state index contributed by atoms with van der Waals surface area (Å²) in [5, 5.41) is 3.86. The van der Waals surface area contributed by atoms with Crippen LogP contribution in [0.15, 0.2) is 79.4 Å². The molecule has 0 aliphatic carbocycles. The van der Waals surface area contributed by atoms with E-state index in [0.29, 0.717) is 23.6 Å². The molecule has 0 aliphatic rings. The van der Waals surface area contributed by atoms with Crippen LogP contribution in [0.3, 0.4) is 0 Å². The van der Waals surface area contributed by atoms with Crippen molar-refractivity contribution in [2.75, 3.05) is 0 Å². The number of carbonyl (C=O) groups excluding carboxylic acids is 1. The molecule has 5 rings (SSSR count). The summed E-state index contributed by atoms with van der Waals surface area (Å²) < 4.78 is 8.36. The highest BCUT2D eigenvalue weighted by Gasteiger charge is 2.15. The Balaban J connectivity index is 1.41. The van der Waals surface area contributed by atoms with E-state index in [1.165, 1.54) is 0 Å². The minimum absolute atomic E-state index is 0.152. The van der Waals surface area contributed by atoms with Crippen LogP contribution in [0.2, 0.25) is 0 Å². The molecule has 2 aromatic carbocycles. The standard InChI is InChI=1S/C28H25N5O2/c1-18-22(28(34)32-16-20-9-12-29-13-10-20)5-4-6-26(18)35-27-11-14-30-24-15-21(7-8-23(24)27)25-17-31-19(2)33(25)3/h4-15,17H,16H2,1-3H3,(H,32,34). The summed E-state index contributed by atoms with van der Waals surface area (Å²) in [7, 11) is 2.00. The molecular weight excluding hydrogens is 438 g/mol. The largest absolute Gasteiger partial charge is 0.456 e. The number of benzene rings is 2. The second-order valence-corrected chi connectivity index (χ2v) is 8.36. The zero-order chi connectivity index (χ0) is 24.4. The number of fused-ring (bicyclic) bond motifs is 1. The Kier molecular flexibility index (Phi) is 5.97. The average molecular weight is 464 g/mol. The lowest BCUT2D eigenvalue weighted by Crippen LogP contribution is -2.23. The van der Waals surface area contributed by atoms with Crippen molar-refractivity contribution in [2.45, 2.75) is 20.4 Å². The first-order chi connectivity index (χ1) is 17.0. The lowest BCUT2D eigenvalue weighted by atomic mass is 10.1. The van der Waals surface area contributed by atoms with Gasteiger partial charge in [-0.2, -0.15) is 0 Å². The number of hydrogen-bond acceptors (Lipinski definition) is 5. The Labute approximate surface area is 203 Å². The SMILES string of the molecule is Cc1c(Oc2ccnc3cc(-c4cnc(C)n4C)ccc23)cccc1C(=O)NCc1ccncc1. The van der Waals surface area contributed by atoms with E-state index in [1.54, 1.807) is 24.7 Å². The maximum Gasteiger partial charge on any atom is 0.251 e. The van der Waals surface area contributed by atoms with Gasteiger partial charge in [-0.15, -0.1) is 0 Å². The van der Waals surface area contributed by atoms with Crippen molar-refractivity contribution in [1.29, 1.82) is 0 Å².